The topological polar surface area (TPSA) is 114 Å². The van der Waals surface area contributed by atoms with Crippen LogP contribution in [0.1, 0.15) is 34.1 Å². The predicted molar refractivity (Wildman–Crippen MR) is 112 cm³/mol. The molecule has 2 aromatic rings. The number of aryl methyl sites for hydroxylation is 1. The lowest BCUT2D eigenvalue weighted by Crippen LogP contribution is -2.39. The first-order valence-corrected chi connectivity index (χ1v) is 9.94. The Bertz CT molecular complexity index is 984. The van der Waals surface area contributed by atoms with Crippen LogP contribution >= 0.6 is 11.3 Å². The van der Waals surface area contributed by atoms with Crippen molar-refractivity contribution in [3.8, 4) is 0 Å². The van der Waals surface area contributed by atoms with Crippen molar-refractivity contribution >= 4 is 45.5 Å². The SMILES string of the molecule is CCOC(=O)C1=NN(c2ccccc2)C(C(=O)Nc2sc(C)c(C)c2C(N)=O)C1. The van der Waals surface area contributed by atoms with Crippen molar-refractivity contribution < 1.29 is 19.1 Å². The number of primary amides is 1. The van der Waals surface area contributed by atoms with Crippen molar-refractivity contribution in [3.63, 3.8) is 0 Å². The minimum atomic E-state index is -0.764. The summed E-state index contributed by atoms with van der Waals surface area (Å²) in [6.45, 7) is 5.57. The Balaban J connectivity index is 1.90. The van der Waals surface area contributed by atoms with E-state index in [0.29, 0.717) is 16.3 Å². The fourth-order valence-corrected chi connectivity index (χ4v) is 4.15. The number of anilines is 2. The van der Waals surface area contributed by atoms with Crippen LogP contribution in [0.2, 0.25) is 0 Å². The fourth-order valence-electron chi connectivity index (χ4n) is 3.08. The lowest BCUT2D eigenvalue weighted by atomic mass is 10.1. The van der Waals surface area contributed by atoms with Crippen molar-refractivity contribution in [2.24, 2.45) is 10.8 Å². The largest absolute Gasteiger partial charge is 0.461 e. The summed E-state index contributed by atoms with van der Waals surface area (Å²) >= 11 is 1.29. The first-order chi connectivity index (χ1) is 13.8. The van der Waals surface area contributed by atoms with Crippen molar-refractivity contribution in [2.75, 3.05) is 16.9 Å². The van der Waals surface area contributed by atoms with E-state index in [-0.39, 0.29) is 24.6 Å². The minimum Gasteiger partial charge on any atom is -0.461 e. The molecule has 2 amide bonds. The number of nitrogens with one attached hydrogen (secondary N) is 1. The van der Waals surface area contributed by atoms with E-state index in [1.807, 2.05) is 25.1 Å². The van der Waals surface area contributed by atoms with Gasteiger partial charge in [0.05, 0.1) is 17.9 Å². The first kappa shape index (κ1) is 20.5. The van der Waals surface area contributed by atoms with Crippen LogP contribution in [0.5, 0.6) is 0 Å². The van der Waals surface area contributed by atoms with Crippen LogP contribution in [0.25, 0.3) is 0 Å². The highest BCUT2D eigenvalue weighted by Crippen LogP contribution is 2.33. The summed E-state index contributed by atoms with van der Waals surface area (Å²) in [5.41, 5.74) is 7.38. The quantitative estimate of drug-likeness (QED) is 0.705. The number of para-hydroxylation sites is 1. The van der Waals surface area contributed by atoms with Gasteiger partial charge in [-0.05, 0) is 38.5 Å². The highest BCUT2D eigenvalue weighted by atomic mass is 32.1. The molecule has 0 saturated carbocycles. The van der Waals surface area contributed by atoms with Gasteiger partial charge in [-0.2, -0.15) is 5.10 Å². The van der Waals surface area contributed by atoms with E-state index in [0.717, 1.165) is 10.4 Å². The van der Waals surface area contributed by atoms with Gasteiger partial charge >= 0.3 is 5.97 Å². The van der Waals surface area contributed by atoms with Gasteiger partial charge in [0, 0.05) is 11.3 Å². The molecule has 9 heteroatoms. The van der Waals surface area contributed by atoms with E-state index in [4.69, 9.17) is 10.5 Å². The van der Waals surface area contributed by atoms with Crippen LogP contribution in [0.4, 0.5) is 10.7 Å². The van der Waals surface area contributed by atoms with Gasteiger partial charge in [-0.1, -0.05) is 18.2 Å². The van der Waals surface area contributed by atoms with E-state index in [2.05, 4.69) is 10.4 Å². The van der Waals surface area contributed by atoms with Gasteiger partial charge in [0.25, 0.3) is 5.91 Å². The summed E-state index contributed by atoms with van der Waals surface area (Å²) in [5, 5.41) is 9.02. The van der Waals surface area contributed by atoms with Crippen LogP contribution in [-0.4, -0.2) is 36.1 Å². The molecule has 0 saturated heterocycles. The summed E-state index contributed by atoms with van der Waals surface area (Å²) in [6.07, 6.45) is 0.0921. The number of esters is 1. The maximum Gasteiger partial charge on any atom is 0.354 e. The lowest BCUT2D eigenvalue weighted by molar-refractivity contribution is -0.135. The second-order valence-electron chi connectivity index (χ2n) is 6.51. The lowest BCUT2D eigenvalue weighted by Gasteiger charge is -2.22. The molecule has 0 fully saturated rings. The maximum atomic E-state index is 13.1. The number of nitrogens with two attached hydrogens (primary N) is 1. The molecule has 0 radical (unpaired) electrons. The zero-order chi connectivity index (χ0) is 21.1. The van der Waals surface area contributed by atoms with Gasteiger partial charge in [-0.3, -0.25) is 14.6 Å². The Hall–Kier alpha value is -3.20. The standard InChI is InChI=1S/C20H22N4O4S/c1-4-28-20(27)14-10-15(24(23-14)13-8-6-5-7-9-13)18(26)22-19-16(17(21)25)11(2)12(3)29-19/h5-9,15H,4,10H2,1-3H3,(H2,21,25)(H,22,26). The second-order valence-corrected chi connectivity index (χ2v) is 7.73. The number of benzene rings is 1. The molecule has 0 bridgehead atoms. The molecule has 1 aromatic carbocycles. The Morgan fingerprint density at radius 2 is 1.97 bits per heavy atom. The maximum absolute atomic E-state index is 13.1. The van der Waals surface area contributed by atoms with Crippen molar-refractivity contribution in [1.82, 2.24) is 0 Å². The zero-order valence-electron chi connectivity index (χ0n) is 16.4. The summed E-state index contributed by atoms with van der Waals surface area (Å²) in [4.78, 5) is 38.0. The third-order valence-corrected chi connectivity index (χ3v) is 5.74. The molecule has 2 heterocycles. The number of nitrogens with zero attached hydrogens (tertiary/aromatic N) is 2. The molecule has 152 valence electrons. The fraction of sp³-hybridized carbons (Fsp3) is 0.300. The van der Waals surface area contributed by atoms with Gasteiger partial charge in [0.2, 0.25) is 5.91 Å². The summed E-state index contributed by atoms with van der Waals surface area (Å²) in [5.74, 6) is -1.54. The molecule has 1 aromatic heterocycles. The third-order valence-electron chi connectivity index (χ3n) is 4.61. The van der Waals surface area contributed by atoms with Crippen LogP contribution in [0.3, 0.4) is 0 Å². The van der Waals surface area contributed by atoms with E-state index in [1.165, 1.54) is 16.3 Å². The van der Waals surface area contributed by atoms with Crippen LogP contribution in [0.15, 0.2) is 35.4 Å². The number of thiophene rings is 1. The van der Waals surface area contributed by atoms with Gasteiger partial charge in [-0.15, -0.1) is 11.3 Å². The van der Waals surface area contributed by atoms with Crippen molar-refractivity contribution in [3.05, 3.63) is 46.3 Å². The number of carbonyl (C=O) groups excluding carboxylic acids is 3. The van der Waals surface area contributed by atoms with Gasteiger partial charge in [-0.25, -0.2) is 4.79 Å². The molecule has 1 atom stereocenters. The number of rotatable bonds is 6. The molecule has 0 spiro atoms. The normalized spacial score (nSPS) is 15.8. The first-order valence-electron chi connectivity index (χ1n) is 9.13. The second kappa shape index (κ2) is 8.44. The number of hydrazone groups is 1. The van der Waals surface area contributed by atoms with Crippen LogP contribution in [-0.2, 0) is 14.3 Å². The molecule has 3 rings (SSSR count). The third kappa shape index (κ3) is 4.14. The molecule has 0 aliphatic carbocycles. The number of amides is 2. The molecule has 8 nitrogen and oxygen atoms in total. The van der Waals surface area contributed by atoms with E-state index >= 15 is 0 Å². The average molecular weight is 414 g/mol. The van der Waals surface area contributed by atoms with E-state index in [1.54, 1.807) is 26.0 Å². The van der Waals surface area contributed by atoms with Gasteiger partial charge in [0.15, 0.2) is 0 Å². The van der Waals surface area contributed by atoms with E-state index in [9.17, 15) is 14.4 Å². The molecular weight excluding hydrogens is 392 g/mol. The molecule has 1 unspecified atom stereocenters. The van der Waals surface area contributed by atoms with Crippen LogP contribution in [0, 0.1) is 13.8 Å². The van der Waals surface area contributed by atoms with Crippen molar-refractivity contribution in [2.45, 2.75) is 33.2 Å². The highest BCUT2D eigenvalue weighted by molar-refractivity contribution is 7.16. The monoisotopic (exact) mass is 414 g/mol. The smallest absolute Gasteiger partial charge is 0.354 e. The Labute approximate surface area is 172 Å². The Morgan fingerprint density at radius 1 is 1.28 bits per heavy atom. The molecular formula is C20H22N4O4S. The Kier molecular flexibility index (Phi) is 5.97. The van der Waals surface area contributed by atoms with Crippen molar-refractivity contribution in [1.29, 1.82) is 0 Å². The number of carbonyl (C=O) groups is 3. The predicted octanol–water partition coefficient (Wildman–Crippen LogP) is 2.60. The number of hydrogen-bond acceptors (Lipinski definition) is 7. The summed E-state index contributed by atoms with van der Waals surface area (Å²) in [7, 11) is 0. The minimum absolute atomic E-state index is 0.0921. The number of ether oxygens (including phenoxy) is 1. The van der Waals surface area contributed by atoms with Gasteiger partial charge in [0.1, 0.15) is 16.8 Å². The van der Waals surface area contributed by atoms with Gasteiger partial charge < -0.3 is 15.8 Å². The molecule has 3 N–H and O–H groups in total. The molecule has 1 aliphatic rings. The van der Waals surface area contributed by atoms with E-state index < -0.39 is 17.9 Å². The summed E-state index contributed by atoms with van der Waals surface area (Å²) in [6, 6.07) is 8.32. The summed E-state index contributed by atoms with van der Waals surface area (Å²) < 4.78 is 5.04. The zero-order valence-corrected chi connectivity index (χ0v) is 17.2. The average Bonchev–Trinajstić information content (AvgIpc) is 3.25. The highest BCUT2D eigenvalue weighted by Gasteiger charge is 2.37. The molecule has 29 heavy (non-hydrogen) atoms. The number of hydrogen-bond donors (Lipinski definition) is 2. The Morgan fingerprint density at radius 3 is 2.59 bits per heavy atom. The van der Waals surface area contributed by atoms with Crippen LogP contribution < -0.4 is 16.1 Å². The molecule has 1 aliphatic heterocycles.